The molecule has 0 unspecified atom stereocenters. The number of aldehydes is 1. The van der Waals surface area contributed by atoms with Crippen LogP contribution in [0, 0.1) is 0 Å². The lowest BCUT2D eigenvalue weighted by molar-refractivity contribution is 0.112. The molecule has 1 aromatic carbocycles. The van der Waals surface area contributed by atoms with Crippen LogP contribution in [0.3, 0.4) is 0 Å². The van der Waals surface area contributed by atoms with Crippen molar-refractivity contribution in [3.63, 3.8) is 0 Å². The molecule has 0 fully saturated rings. The highest BCUT2D eigenvalue weighted by Gasteiger charge is 2.05. The molecule has 3 N–H and O–H groups in total. The maximum atomic E-state index is 11.2. The first-order chi connectivity index (χ1) is 12.2. The van der Waals surface area contributed by atoms with E-state index < -0.39 is 0 Å². The molecule has 0 saturated heterocycles. The van der Waals surface area contributed by atoms with E-state index in [1.54, 1.807) is 18.5 Å². The van der Waals surface area contributed by atoms with Gasteiger partial charge in [0.25, 0.3) is 0 Å². The Morgan fingerprint density at radius 2 is 1.76 bits per heavy atom. The summed E-state index contributed by atoms with van der Waals surface area (Å²) >= 11 is 0. The number of rotatable bonds is 6. The van der Waals surface area contributed by atoms with Crippen molar-refractivity contribution in [2.75, 3.05) is 11.1 Å². The number of aryl methyl sites for hydroxylation is 1. The highest BCUT2D eigenvalue weighted by molar-refractivity contribution is 5.82. The maximum absolute atomic E-state index is 11.2. The summed E-state index contributed by atoms with van der Waals surface area (Å²) in [6.07, 6.45) is 5.26. The van der Waals surface area contributed by atoms with Crippen LogP contribution in [0.1, 0.15) is 28.4 Å². The van der Waals surface area contributed by atoms with Gasteiger partial charge in [0, 0.05) is 24.5 Å². The van der Waals surface area contributed by atoms with Gasteiger partial charge in [-0.3, -0.25) is 4.79 Å². The molecule has 3 aromatic rings. The molecule has 0 atom stereocenters. The Morgan fingerprint density at radius 1 is 1.00 bits per heavy atom. The van der Waals surface area contributed by atoms with Crippen LogP contribution in [0.15, 0.2) is 54.9 Å². The zero-order valence-corrected chi connectivity index (χ0v) is 14.1. The number of carbonyl (C=O) groups is 1. The zero-order valence-electron chi connectivity index (χ0n) is 14.1. The average molecular weight is 332 g/mol. The van der Waals surface area contributed by atoms with E-state index in [-0.39, 0.29) is 0 Å². The topological polar surface area (TPSA) is 80.9 Å². The first kappa shape index (κ1) is 16.6. The molecule has 3 rings (SSSR count). The summed E-state index contributed by atoms with van der Waals surface area (Å²) in [5.41, 5.74) is 10.5. The number of hydrogen-bond acceptors (Lipinski definition) is 5. The largest absolute Gasteiger partial charge is 0.384 e. The van der Waals surface area contributed by atoms with Crippen LogP contribution in [0.4, 0.5) is 11.6 Å². The average Bonchev–Trinajstić information content (AvgIpc) is 2.67. The van der Waals surface area contributed by atoms with Crippen molar-refractivity contribution in [3.8, 4) is 11.1 Å². The Hall–Kier alpha value is -3.21. The predicted octanol–water partition coefficient (Wildman–Crippen LogP) is 3.71. The normalized spacial score (nSPS) is 10.4. The third-order valence-electron chi connectivity index (χ3n) is 4.04. The van der Waals surface area contributed by atoms with Gasteiger partial charge >= 0.3 is 0 Å². The van der Waals surface area contributed by atoms with E-state index >= 15 is 0 Å². The standard InChI is InChI=1S/C20H20N4O/c1-2-14-9-18(13-25)20(23-10-14)24-11-15-3-5-16(6-4-15)17-7-8-19(21)22-12-17/h3-10,12-13H,2,11H2,1H3,(H2,21,22)(H,23,24). The minimum atomic E-state index is 0.511. The molecular weight excluding hydrogens is 312 g/mol. The van der Waals surface area contributed by atoms with Gasteiger partial charge < -0.3 is 11.1 Å². The van der Waals surface area contributed by atoms with E-state index in [1.807, 2.05) is 43.3 Å². The third kappa shape index (κ3) is 4.01. The molecule has 0 aliphatic heterocycles. The lowest BCUT2D eigenvalue weighted by atomic mass is 10.1. The lowest BCUT2D eigenvalue weighted by Crippen LogP contribution is -2.05. The Labute approximate surface area is 146 Å². The van der Waals surface area contributed by atoms with Gasteiger partial charge in [0.05, 0.1) is 5.56 Å². The van der Waals surface area contributed by atoms with Gasteiger partial charge in [0.15, 0.2) is 6.29 Å². The van der Waals surface area contributed by atoms with Crippen molar-refractivity contribution in [3.05, 3.63) is 71.5 Å². The number of benzene rings is 1. The molecule has 0 bridgehead atoms. The number of aromatic nitrogens is 2. The first-order valence-electron chi connectivity index (χ1n) is 8.18. The fourth-order valence-electron chi connectivity index (χ4n) is 2.54. The zero-order chi connectivity index (χ0) is 17.6. The molecule has 5 nitrogen and oxygen atoms in total. The highest BCUT2D eigenvalue weighted by Crippen LogP contribution is 2.20. The quantitative estimate of drug-likeness (QED) is 0.673. The minimum absolute atomic E-state index is 0.511. The van der Waals surface area contributed by atoms with E-state index in [0.717, 1.165) is 35.0 Å². The second-order valence-corrected chi connectivity index (χ2v) is 5.78. The van der Waals surface area contributed by atoms with E-state index in [9.17, 15) is 4.79 Å². The highest BCUT2D eigenvalue weighted by atomic mass is 16.1. The Bertz CT molecular complexity index is 858. The molecule has 2 heterocycles. The van der Waals surface area contributed by atoms with Crippen molar-refractivity contribution >= 4 is 17.9 Å². The third-order valence-corrected chi connectivity index (χ3v) is 4.04. The number of pyridine rings is 2. The number of nitrogens with two attached hydrogens (primary N) is 1. The summed E-state index contributed by atoms with van der Waals surface area (Å²) in [5.74, 6) is 1.12. The summed E-state index contributed by atoms with van der Waals surface area (Å²) in [5, 5.41) is 3.23. The number of anilines is 2. The van der Waals surface area contributed by atoms with Crippen LogP contribution >= 0.6 is 0 Å². The van der Waals surface area contributed by atoms with E-state index in [2.05, 4.69) is 15.3 Å². The molecule has 5 heteroatoms. The number of nitrogens with one attached hydrogen (secondary N) is 1. The van der Waals surface area contributed by atoms with E-state index in [0.29, 0.717) is 23.7 Å². The molecule has 0 aliphatic carbocycles. The Balaban J connectivity index is 1.70. The smallest absolute Gasteiger partial charge is 0.153 e. The van der Waals surface area contributed by atoms with Crippen LogP contribution in [0.5, 0.6) is 0 Å². The van der Waals surface area contributed by atoms with Crippen molar-refractivity contribution in [2.45, 2.75) is 19.9 Å². The molecular formula is C20H20N4O. The minimum Gasteiger partial charge on any atom is -0.384 e. The molecule has 0 radical (unpaired) electrons. The molecule has 0 aliphatic rings. The van der Waals surface area contributed by atoms with Crippen molar-refractivity contribution in [1.29, 1.82) is 0 Å². The van der Waals surface area contributed by atoms with Crippen molar-refractivity contribution in [2.24, 2.45) is 0 Å². The van der Waals surface area contributed by atoms with Crippen LogP contribution < -0.4 is 11.1 Å². The molecule has 0 saturated carbocycles. The Kier molecular flexibility index (Phi) is 5.04. The molecule has 25 heavy (non-hydrogen) atoms. The summed E-state index contributed by atoms with van der Waals surface area (Å²) in [4.78, 5) is 19.7. The predicted molar refractivity (Wildman–Crippen MR) is 100 cm³/mol. The van der Waals surface area contributed by atoms with Gasteiger partial charge in [0.1, 0.15) is 11.6 Å². The fraction of sp³-hybridized carbons (Fsp3) is 0.150. The molecule has 0 amide bonds. The van der Waals surface area contributed by atoms with Gasteiger partial charge in [0.2, 0.25) is 0 Å². The van der Waals surface area contributed by atoms with Gasteiger partial charge in [-0.05, 0) is 41.3 Å². The SMILES string of the molecule is CCc1cnc(NCc2ccc(-c3ccc(N)nc3)cc2)c(C=O)c1. The monoisotopic (exact) mass is 332 g/mol. The van der Waals surface area contributed by atoms with Gasteiger partial charge in [-0.25, -0.2) is 9.97 Å². The fourth-order valence-corrected chi connectivity index (χ4v) is 2.54. The molecule has 126 valence electrons. The number of nitrogen functional groups attached to an aromatic ring is 1. The summed E-state index contributed by atoms with van der Waals surface area (Å²) in [6, 6.07) is 13.8. The van der Waals surface area contributed by atoms with E-state index in [1.165, 1.54) is 0 Å². The van der Waals surface area contributed by atoms with Crippen molar-refractivity contribution in [1.82, 2.24) is 9.97 Å². The van der Waals surface area contributed by atoms with Crippen molar-refractivity contribution < 1.29 is 4.79 Å². The first-order valence-corrected chi connectivity index (χ1v) is 8.18. The summed E-state index contributed by atoms with van der Waals surface area (Å²) in [6.45, 7) is 2.64. The second-order valence-electron chi connectivity index (χ2n) is 5.78. The van der Waals surface area contributed by atoms with Gasteiger partial charge in [-0.1, -0.05) is 31.2 Å². The Morgan fingerprint density at radius 3 is 2.40 bits per heavy atom. The maximum Gasteiger partial charge on any atom is 0.153 e. The van der Waals surface area contributed by atoms with Crippen LogP contribution in [-0.2, 0) is 13.0 Å². The van der Waals surface area contributed by atoms with Crippen LogP contribution in [0.25, 0.3) is 11.1 Å². The molecule has 0 spiro atoms. The summed E-state index contributed by atoms with van der Waals surface area (Å²) in [7, 11) is 0. The lowest BCUT2D eigenvalue weighted by Gasteiger charge is -2.10. The van der Waals surface area contributed by atoms with E-state index in [4.69, 9.17) is 5.73 Å². The van der Waals surface area contributed by atoms with Crippen LogP contribution in [-0.4, -0.2) is 16.3 Å². The second kappa shape index (κ2) is 7.57. The number of hydrogen-bond donors (Lipinski definition) is 2. The number of nitrogens with zero attached hydrogens (tertiary/aromatic N) is 2. The van der Waals surface area contributed by atoms with Gasteiger partial charge in [-0.15, -0.1) is 0 Å². The molecule has 2 aromatic heterocycles. The number of carbonyl (C=O) groups excluding carboxylic acids is 1. The van der Waals surface area contributed by atoms with Gasteiger partial charge in [-0.2, -0.15) is 0 Å². The van der Waals surface area contributed by atoms with Crippen LogP contribution in [0.2, 0.25) is 0 Å². The summed E-state index contributed by atoms with van der Waals surface area (Å²) < 4.78 is 0.